The lowest BCUT2D eigenvalue weighted by Gasteiger charge is -2.32. The first-order valence-corrected chi connectivity index (χ1v) is 6.09. The summed E-state index contributed by atoms with van der Waals surface area (Å²) in [6, 6.07) is 2.33. The first-order chi connectivity index (χ1) is 8.02. The topological polar surface area (TPSA) is 73.4 Å². The first-order valence-electron chi connectivity index (χ1n) is 6.09. The molecule has 17 heavy (non-hydrogen) atoms. The largest absolute Gasteiger partial charge is 0.369 e. The number of likely N-dealkylation sites (tertiary alicyclic amines) is 1. The maximum absolute atomic E-state index is 11.2. The van der Waals surface area contributed by atoms with Crippen molar-refractivity contribution >= 4 is 5.91 Å². The zero-order chi connectivity index (χ0) is 12.8. The molecule has 96 valence electrons. The number of carbonyl (C=O) groups is 1. The number of nitrogens with two attached hydrogens (primary N) is 1. The van der Waals surface area contributed by atoms with Gasteiger partial charge in [0.25, 0.3) is 0 Å². The van der Waals surface area contributed by atoms with Crippen molar-refractivity contribution in [1.82, 2.24) is 9.80 Å². The Hall–Kier alpha value is -1.12. The number of nitrogens with zero attached hydrogens (tertiary/aromatic N) is 3. The summed E-state index contributed by atoms with van der Waals surface area (Å²) in [5, 5.41) is 9.09. The molecule has 1 aliphatic heterocycles. The summed E-state index contributed by atoms with van der Waals surface area (Å²) >= 11 is 0. The molecule has 0 aromatic rings. The number of amides is 1. The normalized spacial score (nSPS) is 23.3. The van der Waals surface area contributed by atoms with Gasteiger partial charge in [-0.3, -0.25) is 4.79 Å². The summed E-state index contributed by atoms with van der Waals surface area (Å²) < 4.78 is 0. The average Bonchev–Trinajstić information content (AvgIpc) is 2.28. The molecule has 1 saturated heterocycles. The molecule has 0 aromatic heterocycles. The Kier molecular flexibility index (Phi) is 5.39. The number of piperidine rings is 1. The molecule has 0 radical (unpaired) electrons. The molecular formula is C12H22N4O. The van der Waals surface area contributed by atoms with Gasteiger partial charge in [0.2, 0.25) is 5.91 Å². The number of rotatable bonds is 5. The molecule has 1 rings (SSSR count). The summed E-state index contributed by atoms with van der Waals surface area (Å²) in [5.74, 6) is -0.255. The van der Waals surface area contributed by atoms with Gasteiger partial charge in [0.1, 0.15) is 0 Å². The molecule has 0 aromatic carbocycles. The third-order valence-corrected chi connectivity index (χ3v) is 3.15. The lowest BCUT2D eigenvalue weighted by molar-refractivity contribution is -0.123. The van der Waals surface area contributed by atoms with Crippen LogP contribution in [0.4, 0.5) is 0 Å². The van der Waals surface area contributed by atoms with E-state index in [9.17, 15) is 4.79 Å². The summed E-state index contributed by atoms with van der Waals surface area (Å²) in [6.45, 7) is 3.17. The van der Waals surface area contributed by atoms with E-state index in [2.05, 4.69) is 11.0 Å². The van der Waals surface area contributed by atoms with Crippen LogP contribution in [0.5, 0.6) is 0 Å². The van der Waals surface area contributed by atoms with E-state index < -0.39 is 0 Å². The van der Waals surface area contributed by atoms with Crippen LogP contribution in [0.1, 0.15) is 12.8 Å². The van der Waals surface area contributed by atoms with Gasteiger partial charge in [-0.05, 0) is 33.5 Å². The summed E-state index contributed by atoms with van der Waals surface area (Å²) in [7, 11) is 3.93. The van der Waals surface area contributed by atoms with Gasteiger partial charge in [0.15, 0.2) is 0 Å². The maximum atomic E-state index is 11.2. The second-order valence-electron chi connectivity index (χ2n) is 5.09. The predicted octanol–water partition coefficient (Wildman–Crippen LogP) is -0.115. The molecule has 0 saturated carbocycles. The van der Waals surface area contributed by atoms with E-state index in [1.807, 2.05) is 19.0 Å². The highest BCUT2D eigenvalue weighted by Gasteiger charge is 2.25. The average molecular weight is 238 g/mol. The van der Waals surface area contributed by atoms with E-state index >= 15 is 0 Å². The highest BCUT2D eigenvalue weighted by molar-refractivity contribution is 5.76. The van der Waals surface area contributed by atoms with Crippen LogP contribution in [0.2, 0.25) is 0 Å². The molecule has 1 heterocycles. The molecule has 1 fully saturated rings. The molecule has 2 atom stereocenters. The monoisotopic (exact) mass is 238 g/mol. The lowest BCUT2D eigenvalue weighted by Crippen LogP contribution is -2.44. The summed E-state index contributed by atoms with van der Waals surface area (Å²) in [4.78, 5) is 15.4. The zero-order valence-electron chi connectivity index (χ0n) is 10.7. The van der Waals surface area contributed by atoms with Crippen LogP contribution in [0, 0.1) is 23.2 Å². The molecule has 0 aliphatic carbocycles. The van der Waals surface area contributed by atoms with E-state index in [4.69, 9.17) is 11.0 Å². The van der Waals surface area contributed by atoms with Crippen molar-refractivity contribution in [3.05, 3.63) is 0 Å². The van der Waals surface area contributed by atoms with Gasteiger partial charge in [-0.15, -0.1) is 0 Å². The fraction of sp³-hybridized carbons (Fsp3) is 0.833. The summed E-state index contributed by atoms with van der Waals surface area (Å²) in [5.41, 5.74) is 5.33. The van der Waals surface area contributed by atoms with Gasteiger partial charge in [0, 0.05) is 19.6 Å². The second-order valence-corrected chi connectivity index (χ2v) is 5.09. The molecule has 0 bridgehead atoms. The van der Waals surface area contributed by atoms with Gasteiger partial charge in [-0.25, -0.2) is 0 Å². The van der Waals surface area contributed by atoms with E-state index in [1.54, 1.807) is 0 Å². The van der Waals surface area contributed by atoms with Crippen LogP contribution in [-0.4, -0.2) is 56.0 Å². The Morgan fingerprint density at radius 2 is 2.35 bits per heavy atom. The molecule has 1 aliphatic rings. The Bertz CT molecular complexity index is 297. The van der Waals surface area contributed by atoms with Crippen molar-refractivity contribution in [3.63, 3.8) is 0 Å². The van der Waals surface area contributed by atoms with E-state index in [-0.39, 0.29) is 17.7 Å². The van der Waals surface area contributed by atoms with Crippen molar-refractivity contribution in [2.24, 2.45) is 17.6 Å². The standard InChI is InChI=1S/C12H22N4O/c1-15(2)7-10(6-13)8-16-5-3-4-11(9-16)12(14)17/h10-11H,3-5,7-9H2,1-2H3,(H2,14,17). The lowest BCUT2D eigenvalue weighted by atomic mass is 9.96. The van der Waals surface area contributed by atoms with Crippen LogP contribution in [0.3, 0.4) is 0 Å². The van der Waals surface area contributed by atoms with Crippen LogP contribution in [0.25, 0.3) is 0 Å². The third-order valence-electron chi connectivity index (χ3n) is 3.15. The van der Waals surface area contributed by atoms with E-state index in [0.717, 1.165) is 32.5 Å². The van der Waals surface area contributed by atoms with E-state index in [0.29, 0.717) is 6.54 Å². The zero-order valence-corrected chi connectivity index (χ0v) is 10.7. The Balaban J connectivity index is 2.44. The molecule has 2 N–H and O–H groups in total. The molecule has 5 nitrogen and oxygen atoms in total. The molecule has 5 heteroatoms. The minimum Gasteiger partial charge on any atom is -0.369 e. The van der Waals surface area contributed by atoms with Crippen LogP contribution in [-0.2, 0) is 4.79 Å². The molecule has 1 amide bonds. The first kappa shape index (κ1) is 13.9. The Morgan fingerprint density at radius 1 is 1.65 bits per heavy atom. The fourth-order valence-electron chi connectivity index (χ4n) is 2.35. The minimum atomic E-state index is -0.212. The Morgan fingerprint density at radius 3 is 2.88 bits per heavy atom. The van der Waals surface area contributed by atoms with Crippen molar-refractivity contribution < 1.29 is 4.79 Å². The number of hydrogen-bond donors (Lipinski definition) is 1. The Labute approximate surface area is 103 Å². The number of carbonyl (C=O) groups excluding carboxylic acids is 1. The quantitative estimate of drug-likeness (QED) is 0.725. The van der Waals surface area contributed by atoms with Gasteiger partial charge >= 0.3 is 0 Å². The molecular weight excluding hydrogens is 216 g/mol. The van der Waals surface area contributed by atoms with Crippen molar-refractivity contribution in [2.45, 2.75) is 12.8 Å². The van der Waals surface area contributed by atoms with Gasteiger partial charge < -0.3 is 15.5 Å². The van der Waals surface area contributed by atoms with Crippen LogP contribution in [0.15, 0.2) is 0 Å². The van der Waals surface area contributed by atoms with Crippen molar-refractivity contribution in [2.75, 3.05) is 40.3 Å². The van der Waals surface area contributed by atoms with E-state index in [1.165, 1.54) is 0 Å². The summed E-state index contributed by atoms with van der Waals surface area (Å²) in [6.07, 6.45) is 1.88. The number of primary amides is 1. The second kappa shape index (κ2) is 6.58. The molecule has 2 unspecified atom stereocenters. The number of hydrogen-bond acceptors (Lipinski definition) is 4. The third kappa shape index (κ3) is 4.72. The van der Waals surface area contributed by atoms with Gasteiger partial charge in [-0.1, -0.05) is 0 Å². The highest BCUT2D eigenvalue weighted by atomic mass is 16.1. The smallest absolute Gasteiger partial charge is 0.221 e. The highest BCUT2D eigenvalue weighted by Crippen LogP contribution is 2.17. The van der Waals surface area contributed by atoms with Crippen LogP contribution < -0.4 is 5.73 Å². The SMILES string of the molecule is CN(C)CC(C#N)CN1CCCC(C(N)=O)C1. The van der Waals surface area contributed by atoms with Crippen LogP contribution >= 0.6 is 0 Å². The maximum Gasteiger partial charge on any atom is 0.221 e. The number of nitriles is 1. The minimum absolute atomic E-state index is 0.00312. The van der Waals surface area contributed by atoms with Gasteiger partial charge in [0.05, 0.1) is 17.9 Å². The molecule has 0 spiro atoms. The predicted molar refractivity (Wildman–Crippen MR) is 66.0 cm³/mol. The van der Waals surface area contributed by atoms with Crippen molar-refractivity contribution in [3.8, 4) is 6.07 Å². The van der Waals surface area contributed by atoms with Gasteiger partial charge in [-0.2, -0.15) is 5.26 Å². The van der Waals surface area contributed by atoms with Crippen molar-refractivity contribution in [1.29, 1.82) is 5.26 Å². The fourth-order valence-corrected chi connectivity index (χ4v) is 2.35.